The second-order valence-electron chi connectivity index (χ2n) is 2.98. The van der Waals surface area contributed by atoms with E-state index in [9.17, 15) is 17.2 Å². The largest absolute Gasteiger partial charge is 0.319 e. The molecule has 8 heteroatoms. The Labute approximate surface area is 86.0 Å². The number of halogens is 2. The molecule has 1 aromatic heterocycles. The van der Waals surface area contributed by atoms with Crippen LogP contribution in [0.25, 0.3) is 0 Å². The van der Waals surface area contributed by atoms with E-state index in [-0.39, 0.29) is 12.2 Å². The van der Waals surface area contributed by atoms with E-state index in [1.165, 1.54) is 0 Å². The molecule has 0 aliphatic heterocycles. The molecule has 0 atom stereocenters. The third-order valence-corrected chi connectivity index (χ3v) is 2.54. The SMILES string of the molecule is CCCc1nc(S(N)(=O)=O)cn1C(F)F. The lowest BCUT2D eigenvalue weighted by atomic mass is 10.3. The molecule has 1 heterocycles. The summed E-state index contributed by atoms with van der Waals surface area (Å²) in [6.45, 7) is -1.03. The molecule has 0 aliphatic carbocycles. The lowest BCUT2D eigenvalue weighted by Crippen LogP contribution is -2.12. The van der Waals surface area contributed by atoms with Crippen molar-refractivity contribution in [3.8, 4) is 0 Å². The molecule has 0 aliphatic rings. The molecule has 0 radical (unpaired) electrons. The van der Waals surface area contributed by atoms with Gasteiger partial charge in [0, 0.05) is 12.6 Å². The van der Waals surface area contributed by atoms with Gasteiger partial charge in [-0.3, -0.25) is 4.57 Å². The van der Waals surface area contributed by atoms with E-state index in [0.29, 0.717) is 11.0 Å². The number of imidazole rings is 1. The summed E-state index contributed by atoms with van der Waals surface area (Å²) in [4.78, 5) is 3.56. The molecule has 86 valence electrons. The smallest absolute Gasteiger partial charge is 0.276 e. The molecular weight excluding hydrogens is 228 g/mol. The van der Waals surface area contributed by atoms with Crippen molar-refractivity contribution < 1.29 is 17.2 Å². The summed E-state index contributed by atoms with van der Waals surface area (Å²) in [5.41, 5.74) is 0. The van der Waals surface area contributed by atoms with Gasteiger partial charge in [-0.15, -0.1) is 0 Å². The number of nitrogens with two attached hydrogens (primary N) is 1. The first kappa shape index (κ1) is 12.1. The Kier molecular flexibility index (Phi) is 3.40. The topological polar surface area (TPSA) is 78.0 Å². The fourth-order valence-electron chi connectivity index (χ4n) is 1.12. The molecule has 1 aromatic rings. The van der Waals surface area contributed by atoms with Crippen LogP contribution in [0.15, 0.2) is 11.2 Å². The molecule has 0 amide bonds. The van der Waals surface area contributed by atoms with Gasteiger partial charge in [-0.25, -0.2) is 18.5 Å². The number of nitrogens with zero attached hydrogens (tertiary/aromatic N) is 2. The zero-order valence-electron chi connectivity index (χ0n) is 8.02. The van der Waals surface area contributed by atoms with Crippen LogP contribution in [0.3, 0.4) is 0 Å². The molecular formula is C7H11F2N3O2S. The van der Waals surface area contributed by atoms with Gasteiger partial charge >= 0.3 is 6.55 Å². The van der Waals surface area contributed by atoms with Crippen molar-refractivity contribution in [1.82, 2.24) is 9.55 Å². The van der Waals surface area contributed by atoms with E-state index in [2.05, 4.69) is 4.98 Å². The minimum absolute atomic E-state index is 0.0246. The van der Waals surface area contributed by atoms with Crippen LogP contribution in [0.2, 0.25) is 0 Å². The molecule has 15 heavy (non-hydrogen) atoms. The Morgan fingerprint density at radius 2 is 2.20 bits per heavy atom. The first-order valence-corrected chi connectivity index (χ1v) is 5.79. The number of sulfonamides is 1. The van der Waals surface area contributed by atoms with Crippen molar-refractivity contribution >= 4 is 10.0 Å². The van der Waals surface area contributed by atoms with E-state index in [4.69, 9.17) is 5.14 Å². The molecule has 0 aromatic carbocycles. The lowest BCUT2D eigenvalue weighted by molar-refractivity contribution is 0.0668. The standard InChI is InChI=1S/C7H11F2N3O2S/c1-2-3-5-11-6(15(10,13)14)4-12(5)7(8)9/h4,7H,2-3H2,1H3,(H2,10,13,14). The maximum atomic E-state index is 12.4. The van der Waals surface area contributed by atoms with Crippen LogP contribution < -0.4 is 5.14 Å². The van der Waals surface area contributed by atoms with Gasteiger partial charge in [0.1, 0.15) is 5.82 Å². The number of aromatic nitrogens is 2. The van der Waals surface area contributed by atoms with Crippen molar-refractivity contribution in [2.75, 3.05) is 0 Å². The third-order valence-electron chi connectivity index (χ3n) is 1.76. The Hall–Kier alpha value is -1.02. The van der Waals surface area contributed by atoms with E-state index < -0.39 is 21.6 Å². The van der Waals surface area contributed by atoms with Crippen LogP contribution >= 0.6 is 0 Å². The maximum Gasteiger partial charge on any atom is 0.319 e. The van der Waals surface area contributed by atoms with E-state index in [0.717, 1.165) is 6.20 Å². The van der Waals surface area contributed by atoms with Gasteiger partial charge in [0.25, 0.3) is 10.0 Å². The van der Waals surface area contributed by atoms with Gasteiger partial charge in [-0.2, -0.15) is 8.78 Å². The highest BCUT2D eigenvalue weighted by Gasteiger charge is 2.19. The summed E-state index contributed by atoms with van der Waals surface area (Å²) in [7, 11) is -4.02. The monoisotopic (exact) mass is 239 g/mol. The molecule has 0 saturated carbocycles. The number of rotatable bonds is 4. The van der Waals surface area contributed by atoms with Gasteiger partial charge in [0.2, 0.25) is 0 Å². The highest BCUT2D eigenvalue weighted by molar-refractivity contribution is 7.89. The maximum absolute atomic E-state index is 12.4. The van der Waals surface area contributed by atoms with Crippen LogP contribution in [-0.2, 0) is 16.4 Å². The first-order chi connectivity index (χ1) is 6.86. The molecule has 0 spiro atoms. The summed E-state index contributed by atoms with van der Waals surface area (Å²) >= 11 is 0. The molecule has 0 fully saturated rings. The Bertz CT molecular complexity index is 441. The van der Waals surface area contributed by atoms with Crippen LogP contribution in [0.4, 0.5) is 8.78 Å². The predicted octanol–water partition coefficient (Wildman–Crippen LogP) is 0.878. The van der Waals surface area contributed by atoms with Gasteiger partial charge < -0.3 is 0 Å². The zero-order chi connectivity index (χ0) is 11.6. The summed E-state index contributed by atoms with van der Waals surface area (Å²) in [6, 6.07) is 0. The van der Waals surface area contributed by atoms with Crippen molar-refractivity contribution in [3.05, 3.63) is 12.0 Å². The van der Waals surface area contributed by atoms with Crippen molar-refractivity contribution in [2.45, 2.75) is 31.3 Å². The minimum Gasteiger partial charge on any atom is -0.276 e. The first-order valence-electron chi connectivity index (χ1n) is 4.25. The van der Waals surface area contributed by atoms with Gasteiger partial charge in [-0.05, 0) is 6.42 Å². The minimum atomic E-state index is -4.02. The van der Waals surface area contributed by atoms with Crippen LogP contribution in [0, 0.1) is 0 Å². The van der Waals surface area contributed by atoms with Gasteiger partial charge in [0.15, 0.2) is 5.03 Å². The van der Waals surface area contributed by atoms with Crippen LogP contribution in [0.1, 0.15) is 25.7 Å². The summed E-state index contributed by atoms with van der Waals surface area (Å²) in [5, 5.41) is 4.26. The fourth-order valence-corrected chi connectivity index (χ4v) is 1.62. The molecule has 5 nitrogen and oxygen atoms in total. The van der Waals surface area contributed by atoms with Crippen molar-refractivity contribution in [2.24, 2.45) is 5.14 Å². The Balaban J connectivity index is 3.21. The quantitative estimate of drug-likeness (QED) is 0.847. The lowest BCUT2D eigenvalue weighted by Gasteiger charge is -2.03. The fraction of sp³-hybridized carbons (Fsp3) is 0.571. The predicted molar refractivity (Wildman–Crippen MR) is 48.8 cm³/mol. The second-order valence-corrected chi connectivity index (χ2v) is 4.48. The number of hydrogen-bond acceptors (Lipinski definition) is 3. The average molecular weight is 239 g/mol. The second kappa shape index (κ2) is 4.23. The highest BCUT2D eigenvalue weighted by Crippen LogP contribution is 2.17. The number of aryl methyl sites for hydroxylation is 1. The average Bonchev–Trinajstić information content (AvgIpc) is 2.48. The zero-order valence-corrected chi connectivity index (χ0v) is 8.84. The highest BCUT2D eigenvalue weighted by atomic mass is 32.2. The molecule has 1 rings (SSSR count). The molecule has 2 N–H and O–H groups in total. The third kappa shape index (κ3) is 2.72. The molecule has 0 unspecified atom stereocenters. The summed E-state index contributed by atoms with van der Waals surface area (Å²) < 4.78 is 47.2. The molecule has 0 saturated heterocycles. The normalized spacial score (nSPS) is 12.3. The van der Waals surface area contributed by atoms with Gasteiger partial charge in [0.05, 0.1) is 0 Å². The van der Waals surface area contributed by atoms with Gasteiger partial charge in [-0.1, -0.05) is 6.92 Å². The summed E-state index contributed by atoms with van der Waals surface area (Å²) in [5.74, 6) is 0.0246. The Morgan fingerprint density at radius 3 is 2.60 bits per heavy atom. The number of alkyl halides is 2. The summed E-state index contributed by atoms with van der Waals surface area (Å²) in [6.07, 6.45) is 1.62. The van der Waals surface area contributed by atoms with Crippen molar-refractivity contribution in [1.29, 1.82) is 0 Å². The molecule has 0 bridgehead atoms. The number of primary sulfonamides is 1. The van der Waals surface area contributed by atoms with Crippen LogP contribution in [-0.4, -0.2) is 18.0 Å². The Morgan fingerprint density at radius 1 is 1.60 bits per heavy atom. The van der Waals surface area contributed by atoms with E-state index in [1.54, 1.807) is 6.92 Å². The van der Waals surface area contributed by atoms with E-state index >= 15 is 0 Å². The van der Waals surface area contributed by atoms with E-state index in [1.807, 2.05) is 0 Å². The van der Waals surface area contributed by atoms with Crippen molar-refractivity contribution in [3.63, 3.8) is 0 Å². The van der Waals surface area contributed by atoms with Crippen LogP contribution in [0.5, 0.6) is 0 Å². The number of hydrogen-bond donors (Lipinski definition) is 1.